The van der Waals surface area contributed by atoms with E-state index in [1.54, 1.807) is 0 Å². The van der Waals surface area contributed by atoms with Crippen LogP contribution in [-0.4, -0.2) is 44.3 Å². The Balaban J connectivity index is 1.09. The van der Waals surface area contributed by atoms with Gasteiger partial charge in [0.05, 0.1) is 11.6 Å². The molecule has 40 heavy (non-hydrogen) atoms. The Morgan fingerprint density at radius 2 is 1.90 bits per heavy atom. The molecule has 7 rings (SSSR count). The number of nitrogens with one attached hydrogen (secondary N) is 3. The van der Waals surface area contributed by atoms with E-state index in [-0.39, 0.29) is 29.1 Å². The number of carbonyl (C=O) groups excluding carboxylic acids is 3. The maximum absolute atomic E-state index is 13.5. The fraction of sp³-hybridized carbons (Fsp3) is 0.375. The zero-order valence-corrected chi connectivity index (χ0v) is 22.9. The third-order valence-corrected chi connectivity index (χ3v) is 8.95. The molecule has 8 heteroatoms. The van der Waals surface area contributed by atoms with Crippen molar-refractivity contribution in [1.82, 2.24) is 25.4 Å². The van der Waals surface area contributed by atoms with Crippen LogP contribution >= 0.6 is 0 Å². The summed E-state index contributed by atoms with van der Waals surface area (Å²) in [7, 11) is 0. The molecule has 0 bridgehead atoms. The molecule has 2 aromatic heterocycles. The lowest BCUT2D eigenvalue weighted by molar-refractivity contribution is -0.134. The average Bonchev–Trinajstić information content (AvgIpc) is 3.54. The predicted octanol–water partition coefficient (Wildman–Crippen LogP) is 4.79. The van der Waals surface area contributed by atoms with Crippen molar-refractivity contribution >= 4 is 28.6 Å². The van der Waals surface area contributed by atoms with Crippen molar-refractivity contribution in [3.8, 4) is 11.4 Å². The topological polar surface area (TPSA) is 111 Å². The normalized spacial score (nSPS) is 20.2. The van der Waals surface area contributed by atoms with Crippen molar-refractivity contribution in [2.24, 2.45) is 5.41 Å². The van der Waals surface area contributed by atoms with E-state index in [4.69, 9.17) is 0 Å². The van der Waals surface area contributed by atoms with Crippen molar-refractivity contribution in [3.63, 3.8) is 0 Å². The summed E-state index contributed by atoms with van der Waals surface area (Å²) >= 11 is 0. The Morgan fingerprint density at radius 3 is 2.75 bits per heavy atom. The highest BCUT2D eigenvalue weighted by Crippen LogP contribution is 2.38. The van der Waals surface area contributed by atoms with Gasteiger partial charge in [0.1, 0.15) is 5.69 Å². The summed E-state index contributed by atoms with van der Waals surface area (Å²) in [6.45, 7) is 5.77. The lowest BCUT2D eigenvalue weighted by atomic mass is 9.76. The molecule has 1 saturated heterocycles. The van der Waals surface area contributed by atoms with Crippen LogP contribution in [0.1, 0.15) is 77.3 Å². The van der Waals surface area contributed by atoms with E-state index in [0.717, 1.165) is 59.1 Å². The van der Waals surface area contributed by atoms with Crippen LogP contribution in [0.15, 0.2) is 42.5 Å². The van der Waals surface area contributed by atoms with E-state index >= 15 is 0 Å². The van der Waals surface area contributed by atoms with Crippen molar-refractivity contribution in [2.45, 2.75) is 64.8 Å². The maximum atomic E-state index is 13.5. The number of benzene rings is 2. The molecule has 1 aliphatic carbocycles. The zero-order chi connectivity index (χ0) is 27.6. The highest BCUT2D eigenvalue weighted by molar-refractivity contribution is 6.01. The van der Waals surface area contributed by atoms with Gasteiger partial charge in [-0.1, -0.05) is 32.0 Å². The number of hydrogen-bond donors (Lipinski definition) is 3. The van der Waals surface area contributed by atoms with E-state index in [1.807, 2.05) is 35.2 Å². The van der Waals surface area contributed by atoms with E-state index in [9.17, 15) is 14.4 Å². The largest absolute Gasteiger partial charge is 0.353 e. The first-order chi connectivity index (χ1) is 19.2. The van der Waals surface area contributed by atoms with Crippen LogP contribution in [0.5, 0.6) is 0 Å². The van der Waals surface area contributed by atoms with Crippen LogP contribution in [0.25, 0.3) is 22.3 Å². The summed E-state index contributed by atoms with van der Waals surface area (Å²) in [5.41, 5.74) is 9.67. The third kappa shape index (κ3) is 4.31. The minimum Gasteiger partial charge on any atom is -0.353 e. The number of imide groups is 1. The quantitative estimate of drug-likeness (QED) is 0.328. The number of H-pyrrole nitrogens is 2. The van der Waals surface area contributed by atoms with E-state index in [0.29, 0.717) is 31.5 Å². The highest BCUT2D eigenvalue weighted by Gasteiger charge is 2.31. The number of aromatic nitrogens is 3. The van der Waals surface area contributed by atoms with Gasteiger partial charge in [-0.25, -0.2) is 0 Å². The monoisotopic (exact) mass is 535 g/mol. The fourth-order valence-electron chi connectivity index (χ4n) is 6.62. The first-order valence-corrected chi connectivity index (χ1v) is 14.2. The lowest BCUT2D eigenvalue weighted by Gasteiger charge is -2.30. The zero-order valence-electron chi connectivity index (χ0n) is 22.9. The molecule has 3 amide bonds. The first kappa shape index (κ1) is 24.8. The second-order valence-electron chi connectivity index (χ2n) is 12.4. The van der Waals surface area contributed by atoms with Gasteiger partial charge in [0.2, 0.25) is 11.8 Å². The third-order valence-electron chi connectivity index (χ3n) is 8.95. The van der Waals surface area contributed by atoms with Crippen molar-refractivity contribution < 1.29 is 14.4 Å². The molecule has 4 heterocycles. The van der Waals surface area contributed by atoms with Crippen LogP contribution in [0.2, 0.25) is 0 Å². The molecule has 0 radical (unpaired) electrons. The summed E-state index contributed by atoms with van der Waals surface area (Å²) in [6.07, 6.45) is 4.80. The number of piperidine rings is 1. The molecule has 1 atom stereocenters. The summed E-state index contributed by atoms with van der Waals surface area (Å²) in [6, 6.07) is 14.0. The van der Waals surface area contributed by atoms with Crippen molar-refractivity contribution in [3.05, 3.63) is 76.0 Å². The molecule has 4 aromatic rings. The Bertz CT molecular complexity index is 1690. The Morgan fingerprint density at radius 1 is 1.02 bits per heavy atom. The Hall–Kier alpha value is -4.20. The molecule has 1 unspecified atom stereocenters. The van der Waals surface area contributed by atoms with Gasteiger partial charge in [0.15, 0.2) is 0 Å². The maximum Gasteiger partial charge on any atom is 0.254 e. The minimum atomic E-state index is -0.292. The van der Waals surface area contributed by atoms with Crippen LogP contribution < -0.4 is 5.32 Å². The second kappa shape index (κ2) is 9.18. The summed E-state index contributed by atoms with van der Waals surface area (Å²) in [5.74, 6) is -0.696. The number of aromatic amines is 2. The summed E-state index contributed by atoms with van der Waals surface area (Å²) < 4.78 is 0. The number of nitrogens with zero attached hydrogens (tertiary/aromatic N) is 2. The van der Waals surface area contributed by atoms with Gasteiger partial charge in [0, 0.05) is 47.2 Å². The number of carbonyl (C=O) groups is 3. The molecule has 1 fully saturated rings. The summed E-state index contributed by atoms with van der Waals surface area (Å²) in [5, 5.41) is 11.4. The Labute approximate surface area is 232 Å². The number of rotatable bonds is 3. The molecule has 0 spiro atoms. The van der Waals surface area contributed by atoms with Crippen LogP contribution in [0.4, 0.5) is 0 Å². The van der Waals surface area contributed by atoms with Gasteiger partial charge >= 0.3 is 0 Å². The molecule has 204 valence electrons. The Kier molecular flexibility index (Phi) is 5.70. The van der Waals surface area contributed by atoms with Crippen molar-refractivity contribution in [1.29, 1.82) is 0 Å². The molecular weight excluding hydrogens is 502 g/mol. The number of amides is 3. The van der Waals surface area contributed by atoms with Crippen LogP contribution in [-0.2, 0) is 35.4 Å². The van der Waals surface area contributed by atoms with Gasteiger partial charge in [-0.2, -0.15) is 5.10 Å². The van der Waals surface area contributed by atoms with Gasteiger partial charge in [-0.3, -0.25) is 24.8 Å². The average molecular weight is 536 g/mol. The van der Waals surface area contributed by atoms with Crippen LogP contribution in [0, 0.1) is 5.41 Å². The van der Waals surface area contributed by atoms with Crippen molar-refractivity contribution in [2.75, 3.05) is 6.54 Å². The fourth-order valence-corrected chi connectivity index (χ4v) is 6.62. The highest BCUT2D eigenvalue weighted by atomic mass is 16.2. The molecular formula is C32H33N5O3. The smallest absolute Gasteiger partial charge is 0.254 e. The van der Waals surface area contributed by atoms with Gasteiger partial charge in [-0.05, 0) is 78.5 Å². The molecule has 3 aliphatic rings. The standard InChI is InChI=1S/C32H33N5O3/c1-32(2)11-9-24-27(16-32)35-36-29(24)26-15-22-14-20(5-7-25(22)33-26)31(40)37-12-10-18-13-19(3-4-21(18)17-37)23-6-8-28(38)34-30(23)39/h3-5,7,13-15,23,33H,6,8-12,16-17H2,1-2H3,(H,35,36)(H,34,38,39). The van der Waals surface area contributed by atoms with E-state index < -0.39 is 0 Å². The van der Waals surface area contributed by atoms with E-state index in [2.05, 4.69) is 46.5 Å². The van der Waals surface area contributed by atoms with Crippen LogP contribution in [0.3, 0.4) is 0 Å². The first-order valence-electron chi connectivity index (χ1n) is 14.2. The lowest BCUT2D eigenvalue weighted by Crippen LogP contribution is -2.39. The summed E-state index contributed by atoms with van der Waals surface area (Å²) in [4.78, 5) is 42.8. The predicted molar refractivity (Wildman–Crippen MR) is 152 cm³/mol. The SMILES string of the molecule is CC1(C)CCc2c(-c3cc4cc(C(=O)N5CCc6cc(C7CCC(=O)NC7=O)ccc6C5)ccc4[nH]3)n[nH]c2C1. The molecule has 8 nitrogen and oxygen atoms in total. The van der Waals surface area contributed by atoms with Gasteiger partial charge in [-0.15, -0.1) is 0 Å². The molecule has 0 saturated carbocycles. The second-order valence-corrected chi connectivity index (χ2v) is 12.4. The van der Waals surface area contributed by atoms with Gasteiger partial charge < -0.3 is 9.88 Å². The minimum absolute atomic E-state index is 0.0175. The van der Waals surface area contributed by atoms with E-state index in [1.165, 1.54) is 16.8 Å². The number of fused-ring (bicyclic) bond motifs is 3. The molecule has 2 aliphatic heterocycles. The van der Waals surface area contributed by atoms with Gasteiger partial charge in [0.25, 0.3) is 5.91 Å². The molecule has 2 aromatic carbocycles. The molecule has 3 N–H and O–H groups in total. The number of hydrogen-bond acceptors (Lipinski definition) is 4.